The van der Waals surface area contributed by atoms with E-state index in [1.165, 1.54) is 17.8 Å². The van der Waals surface area contributed by atoms with Crippen molar-refractivity contribution in [3.05, 3.63) is 52.6 Å². The van der Waals surface area contributed by atoms with Crippen LogP contribution in [0.2, 0.25) is 5.02 Å². The fraction of sp³-hybridized carbons (Fsp3) is 0.500. The lowest BCUT2D eigenvalue weighted by Crippen LogP contribution is -2.47. The van der Waals surface area contributed by atoms with Gasteiger partial charge in [-0.1, -0.05) is 17.7 Å². The average molecular weight is 391 g/mol. The first-order valence-electron chi connectivity index (χ1n) is 9.45. The van der Waals surface area contributed by atoms with Crippen LogP contribution in [-0.4, -0.2) is 40.3 Å². The number of aryl methyl sites for hydroxylation is 1. The normalized spacial score (nSPS) is 21.1. The van der Waals surface area contributed by atoms with E-state index in [4.69, 9.17) is 11.6 Å². The number of hydrogen-bond donors (Lipinski definition) is 1. The molecule has 1 unspecified atom stereocenters. The zero-order valence-electron chi connectivity index (χ0n) is 15.4. The second kappa shape index (κ2) is 7.15. The smallest absolute Gasteiger partial charge is 0.317 e. The quantitative estimate of drug-likeness (QED) is 0.862. The van der Waals surface area contributed by atoms with E-state index in [1.54, 1.807) is 12.3 Å². The molecule has 144 valence electrons. The van der Waals surface area contributed by atoms with Crippen molar-refractivity contribution in [2.24, 2.45) is 7.05 Å². The van der Waals surface area contributed by atoms with E-state index < -0.39 is 0 Å². The van der Waals surface area contributed by atoms with E-state index >= 15 is 0 Å². The third-order valence-corrected chi connectivity index (χ3v) is 6.23. The summed E-state index contributed by atoms with van der Waals surface area (Å²) < 4.78 is 15.2. The second-order valence-electron chi connectivity index (χ2n) is 7.73. The third-order valence-electron chi connectivity index (χ3n) is 5.92. The minimum absolute atomic E-state index is 0.0358. The summed E-state index contributed by atoms with van der Waals surface area (Å²) in [6, 6.07) is 6.53. The average Bonchev–Trinajstić information content (AvgIpc) is 3.32. The fourth-order valence-electron chi connectivity index (χ4n) is 4.16. The Morgan fingerprint density at radius 2 is 2.22 bits per heavy atom. The van der Waals surface area contributed by atoms with Gasteiger partial charge in [-0.25, -0.2) is 9.18 Å². The number of piperidine rings is 1. The Kier molecular flexibility index (Phi) is 4.84. The number of likely N-dealkylation sites (tertiary alicyclic amines) is 1. The van der Waals surface area contributed by atoms with Crippen LogP contribution in [0.1, 0.15) is 42.9 Å². The Morgan fingerprint density at radius 1 is 1.41 bits per heavy atom. The molecule has 1 saturated carbocycles. The van der Waals surface area contributed by atoms with Crippen LogP contribution in [0.3, 0.4) is 0 Å². The number of amides is 2. The zero-order valence-corrected chi connectivity index (χ0v) is 16.2. The predicted molar refractivity (Wildman–Crippen MR) is 102 cm³/mol. The first-order chi connectivity index (χ1) is 13.0. The second-order valence-corrected chi connectivity index (χ2v) is 8.14. The Hall–Kier alpha value is -2.08. The van der Waals surface area contributed by atoms with Gasteiger partial charge in [-0.3, -0.25) is 4.68 Å². The van der Waals surface area contributed by atoms with Crippen molar-refractivity contribution < 1.29 is 9.18 Å². The summed E-state index contributed by atoms with van der Waals surface area (Å²) in [5.74, 6) is -0.0171. The van der Waals surface area contributed by atoms with Crippen LogP contribution < -0.4 is 5.32 Å². The lowest BCUT2D eigenvalue weighted by Gasteiger charge is -2.33. The largest absolute Gasteiger partial charge is 0.337 e. The molecule has 0 spiro atoms. The molecular weight excluding hydrogens is 367 g/mol. The van der Waals surface area contributed by atoms with E-state index in [0.29, 0.717) is 24.0 Å². The van der Waals surface area contributed by atoms with Gasteiger partial charge in [0.1, 0.15) is 5.82 Å². The summed E-state index contributed by atoms with van der Waals surface area (Å²) in [5.41, 5.74) is 1.94. The molecule has 1 aliphatic heterocycles. The molecule has 1 saturated heterocycles. The molecule has 1 aliphatic carbocycles. The molecule has 2 amide bonds. The molecule has 1 atom stereocenters. The van der Waals surface area contributed by atoms with Crippen molar-refractivity contribution in [1.29, 1.82) is 0 Å². The highest BCUT2D eigenvalue weighted by Gasteiger charge is 2.46. The molecule has 2 aliphatic rings. The van der Waals surface area contributed by atoms with E-state index in [0.717, 1.165) is 37.8 Å². The molecule has 27 heavy (non-hydrogen) atoms. The van der Waals surface area contributed by atoms with E-state index in [1.807, 2.05) is 22.7 Å². The van der Waals surface area contributed by atoms with Crippen LogP contribution in [-0.2, 0) is 12.5 Å². The van der Waals surface area contributed by atoms with Gasteiger partial charge in [0.15, 0.2) is 0 Å². The van der Waals surface area contributed by atoms with Gasteiger partial charge in [0, 0.05) is 54.9 Å². The standard InChI is InChI=1S/C20H24ClFN4O/c1-25-18(6-9-24-25)14-3-2-10-26(12-14)19(27)23-13-20(7-8-20)16-5-4-15(22)11-17(16)21/h4-6,9,11,14H,2-3,7-8,10,12-13H2,1H3,(H,23,27). The molecule has 1 aromatic carbocycles. The Balaban J connectivity index is 1.38. The highest BCUT2D eigenvalue weighted by atomic mass is 35.5. The lowest BCUT2D eigenvalue weighted by molar-refractivity contribution is 0.177. The lowest BCUT2D eigenvalue weighted by atomic mass is 9.94. The summed E-state index contributed by atoms with van der Waals surface area (Å²) >= 11 is 6.24. The van der Waals surface area contributed by atoms with Crippen molar-refractivity contribution in [3.63, 3.8) is 0 Å². The number of nitrogens with zero attached hydrogens (tertiary/aromatic N) is 3. The first kappa shape index (κ1) is 18.3. The number of carbonyl (C=O) groups is 1. The number of carbonyl (C=O) groups excluding carboxylic acids is 1. The number of urea groups is 1. The molecule has 2 heterocycles. The Bertz CT molecular complexity index is 848. The summed E-state index contributed by atoms with van der Waals surface area (Å²) in [7, 11) is 1.94. The van der Waals surface area contributed by atoms with Crippen molar-refractivity contribution in [2.45, 2.75) is 37.0 Å². The summed E-state index contributed by atoms with van der Waals surface area (Å²) in [4.78, 5) is 14.6. The molecule has 0 bridgehead atoms. The van der Waals surface area contributed by atoms with Crippen molar-refractivity contribution in [3.8, 4) is 0 Å². The predicted octanol–water partition coefficient (Wildman–Crippen LogP) is 3.83. The number of rotatable bonds is 4. The minimum Gasteiger partial charge on any atom is -0.337 e. The van der Waals surface area contributed by atoms with Gasteiger partial charge in [-0.2, -0.15) is 5.10 Å². The van der Waals surface area contributed by atoms with Gasteiger partial charge in [0.05, 0.1) is 0 Å². The van der Waals surface area contributed by atoms with Crippen molar-refractivity contribution in [1.82, 2.24) is 20.0 Å². The molecule has 1 aromatic heterocycles. The van der Waals surface area contributed by atoms with Gasteiger partial charge < -0.3 is 10.2 Å². The van der Waals surface area contributed by atoms with Crippen LogP contribution >= 0.6 is 11.6 Å². The maximum atomic E-state index is 13.3. The summed E-state index contributed by atoms with van der Waals surface area (Å²) in [6.45, 7) is 2.00. The molecule has 4 rings (SSSR count). The highest BCUT2D eigenvalue weighted by molar-refractivity contribution is 6.31. The SMILES string of the molecule is Cn1nccc1C1CCCN(C(=O)NCC2(c3ccc(F)cc3Cl)CC2)C1. The van der Waals surface area contributed by atoms with Crippen molar-refractivity contribution in [2.75, 3.05) is 19.6 Å². The third kappa shape index (κ3) is 3.68. The number of aromatic nitrogens is 2. The van der Waals surface area contributed by atoms with Gasteiger partial charge >= 0.3 is 6.03 Å². The van der Waals surface area contributed by atoms with Gasteiger partial charge in [0.25, 0.3) is 0 Å². The van der Waals surface area contributed by atoms with Gasteiger partial charge in [0.2, 0.25) is 0 Å². The minimum atomic E-state index is -0.335. The number of benzene rings is 1. The molecule has 7 heteroatoms. The Labute approximate surface area is 163 Å². The molecule has 0 radical (unpaired) electrons. The number of nitrogens with one attached hydrogen (secondary N) is 1. The van der Waals surface area contributed by atoms with Crippen LogP contribution in [0.25, 0.3) is 0 Å². The van der Waals surface area contributed by atoms with Crippen molar-refractivity contribution >= 4 is 17.6 Å². The van der Waals surface area contributed by atoms with Crippen LogP contribution in [0, 0.1) is 5.82 Å². The molecule has 2 aromatic rings. The van der Waals surface area contributed by atoms with Gasteiger partial charge in [-0.15, -0.1) is 0 Å². The Morgan fingerprint density at radius 3 is 2.89 bits per heavy atom. The van der Waals surface area contributed by atoms with E-state index in [-0.39, 0.29) is 17.3 Å². The topological polar surface area (TPSA) is 50.2 Å². The van der Waals surface area contributed by atoms with Crippen LogP contribution in [0.4, 0.5) is 9.18 Å². The number of hydrogen-bond acceptors (Lipinski definition) is 2. The fourth-order valence-corrected chi connectivity index (χ4v) is 4.52. The molecule has 5 nitrogen and oxygen atoms in total. The van der Waals surface area contributed by atoms with E-state index in [2.05, 4.69) is 10.4 Å². The maximum Gasteiger partial charge on any atom is 0.317 e. The molecule has 1 N–H and O–H groups in total. The molecule has 2 fully saturated rings. The summed E-state index contributed by atoms with van der Waals surface area (Å²) in [6.07, 6.45) is 5.76. The summed E-state index contributed by atoms with van der Waals surface area (Å²) in [5, 5.41) is 7.77. The zero-order chi connectivity index (χ0) is 19.0. The van der Waals surface area contributed by atoms with Crippen LogP contribution in [0.5, 0.6) is 0 Å². The monoisotopic (exact) mass is 390 g/mol. The highest BCUT2D eigenvalue weighted by Crippen LogP contribution is 2.50. The number of halogens is 2. The van der Waals surface area contributed by atoms with E-state index in [9.17, 15) is 9.18 Å². The van der Waals surface area contributed by atoms with Gasteiger partial charge in [-0.05, 0) is 49.4 Å². The molecular formula is C20H24ClFN4O. The van der Waals surface area contributed by atoms with Crippen LogP contribution in [0.15, 0.2) is 30.5 Å². The first-order valence-corrected chi connectivity index (χ1v) is 9.82. The maximum absolute atomic E-state index is 13.3.